The van der Waals surface area contributed by atoms with E-state index in [1.807, 2.05) is 24.5 Å². The van der Waals surface area contributed by atoms with Gasteiger partial charge in [-0.05, 0) is 42.7 Å². The van der Waals surface area contributed by atoms with E-state index in [2.05, 4.69) is 31.2 Å². The molecule has 4 rings (SSSR count). The van der Waals surface area contributed by atoms with E-state index in [1.54, 1.807) is 6.33 Å². The van der Waals surface area contributed by atoms with Crippen molar-refractivity contribution in [3.63, 3.8) is 0 Å². The van der Waals surface area contributed by atoms with Gasteiger partial charge in [0.25, 0.3) is 0 Å². The van der Waals surface area contributed by atoms with Gasteiger partial charge in [-0.25, -0.2) is 9.97 Å². The Morgan fingerprint density at radius 1 is 1.26 bits per heavy atom. The molecule has 2 N–H and O–H groups in total. The highest BCUT2D eigenvalue weighted by molar-refractivity contribution is 5.33. The summed E-state index contributed by atoms with van der Waals surface area (Å²) in [5.41, 5.74) is 1.23. The van der Waals surface area contributed by atoms with Gasteiger partial charge in [-0.3, -0.25) is 4.90 Å². The number of hydrogen-bond donors (Lipinski definition) is 2. The van der Waals surface area contributed by atoms with Crippen LogP contribution in [0.2, 0.25) is 0 Å². The second-order valence-electron chi connectivity index (χ2n) is 6.98. The van der Waals surface area contributed by atoms with Gasteiger partial charge in [0.05, 0.1) is 6.33 Å². The molecule has 5 nitrogen and oxygen atoms in total. The quantitative estimate of drug-likeness (QED) is 0.891. The Kier molecular flexibility index (Phi) is 4.28. The molecule has 1 saturated carbocycles. The third-order valence-corrected chi connectivity index (χ3v) is 5.48. The second kappa shape index (κ2) is 6.71. The molecule has 1 saturated heterocycles. The number of likely N-dealkylation sites (tertiary alicyclic amines) is 1. The van der Waals surface area contributed by atoms with Gasteiger partial charge in [0.15, 0.2) is 0 Å². The van der Waals surface area contributed by atoms with Crippen molar-refractivity contribution in [3.05, 3.63) is 42.6 Å². The Bertz CT molecular complexity index is 597. The molecule has 0 bridgehead atoms. The zero-order valence-electron chi connectivity index (χ0n) is 13.5. The molecule has 2 aliphatic rings. The first-order chi connectivity index (χ1) is 11.4. The first-order valence-corrected chi connectivity index (χ1v) is 8.73. The predicted octanol–water partition coefficient (Wildman–Crippen LogP) is 2.76. The summed E-state index contributed by atoms with van der Waals surface area (Å²) in [6.07, 6.45) is 9.69. The van der Waals surface area contributed by atoms with Gasteiger partial charge >= 0.3 is 0 Å². The molecule has 23 heavy (non-hydrogen) atoms. The molecule has 2 fully saturated rings. The van der Waals surface area contributed by atoms with Gasteiger partial charge in [-0.2, -0.15) is 0 Å². The van der Waals surface area contributed by atoms with Crippen LogP contribution in [0.25, 0.3) is 0 Å². The van der Waals surface area contributed by atoms with E-state index in [-0.39, 0.29) is 0 Å². The van der Waals surface area contributed by atoms with E-state index < -0.39 is 0 Å². The zero-order chi connectivity index (χ0) is 15.5. The number of anilines is 1. The highest BCUT2D eigenvalue weighted by Crippen LogP contribution is 2.40. The summed E-state index contributed by atoms with van der Waals surface area (Å²) in [6.45, 7) is 4.52. The minimum absolute atomic E-state index is 0.766. The van der Waals surface area contributed by atoms with Crippen LogP contribution in [0.5, 0.6) is 0 Å². The summed E-state index contributed by atoms with van der Waals surface area (Å²) in [5, 5.41) is 3.54. The highest BCUT2D eigenvalue weighted by Gasteiger charge is 2.39. The number of aromatic nitrogens is 3. The highest BCUT2D eigenvalue weighted by atomic mass is 15.2. The molecule has 0 unspecified atom stereocenters. The minimum atomic E-state index is 0.766. The summed E-state index contributed by atoms with van der Waals surface area (Å²) in [5.74, 6) is 3.45. The number of nitrogens with one attached hydrogen (secondary N) is 2. The third-order valence-electron chi connectivity index (χ3n) is 5.48. The van der Waals surface area contributed by atoms with Gasteiger partial charge in [-0.15, -0.1) is 0 Å². The van der Waals surface area contributed by atoms with E-state index in [0.717, 1.165) is 36.7 Å². The Hall–Kier alpha value is -1.88. The summed E-state index contributed by atoms with van der Waals surface area (Å²) in [7, 11) is 0. The van der Waals surface area contributed by atoms with Crippen molar-refractivity contribution in [2.24, 2.45) is 17.8 Å². The largest absolute Gasteiger partial charge is 0.370 e. The standard InChI is InChI=1S/C18H25N5/c1-2-7-20-18(6-1)21-8-14-4-3-5-15-10-23(12-17(14)15)11-16-9-19-13-22-16/h1-2,6-7,9,13-15,17H,3-5,8,10-12H2,(H,19,22)(H,20,21)/t14-,15+,17+/m0/s1. The third kappa shape index (κ3) is 3.39. The normalized spacial score (nSPS) is 27.7. The number of nitrogens with zero attached hydrogens (tertiary/aromatic N) is 3. The minimum Gasteiger partial charge on any atom is -0.370 e. The molecule has 3 atom stereocenters. The van der Waals surface area contributed by atoms with Crippen LogP contribution in [0.3, 0.4) is 0 Å². The number of rotatable bonds is 5. The van der Waals surface area contributed by atoms with Crippen LogP contribution in [-0.4, -0.2) is 39.5 Å². The predicted molar refractivity (Wildman–Crippen MR) is 90.9 cm³/mol. The number of fused-ring (bicyclic) bond motifs is 1. The first-order valence-electron chi connectivity index (χ1n) is 8.73. The molecular weight excluding hydrogens is 286 g/mol. The van der Waals surface area contributed by atoms with Crippen LogP contribution in [0.15, 0.2) is 36.9 Å². The summed E-state index contributed by atoms with van der Waals surface area (Å²) in [6, 6.07) is 6.06. The smallest absolute Gasteiger partial charge is 0.125 e. The monoisotopic (exact) mass is 311 g/mol. The van der Waals surface area contributed by atoms with Crippen LogP contribution in [-0.2, 0) is 6.54 Å². The molecule has 2 aromatic rings. The maximum absolute atomic E-state index is 4.38. The van der Waals surface area contributed by atoms with Gasteiger partial charge in [0.1, 0.15) is 5.82 Å². The number of pyridine rings is 1. The van der Waals surface area contributed by atoms with E-state index in [0.29, 0.717) is 0 Å². The SMILES string of the molecule is c1ccc(NC[C@@H]2CCC[C@@H]3CN(Cc4cnc[nH]4)C[C@@H]32)nc1. The molecule has 0 spiro atoms. The molecule has 1 aliphatic carbocycles. The maximum atomic E-state index is 4.38. The molecule has 3 heterocycles. The molecule has 5 heteroatoms. The van der Waals surface area contributed by atoms with Crippen molar-refractivity contribution in [2.45, 2.75) is 25.8 Å². The Morgan fingerprint density at radius 3 is 3.09 bits per heavy atom. The molecule has 0 aromatic carbocycles. The van der Waals surface area contributed by atoms with Gasteiger partial charge in [0.2, 0.25) is 0 Å². The summed E-state index contributed by atoms with van der Waals surface area (Å²) < 4.78 is 0. The average Bonchev–Trinajstić information content (AvgIpc) is 3.23. The zero-order valence-corrected chi connectivity index (χ0v) is 13.5. The van der Waals surface area contributed by atoms with Crippen LogP contribution >= 0.6 is 0 Å². The van der Waals surface area contributed by atoms with Crippen molar-refractivity contribution in [2.75, 3.05) is 25.0 Å². The lowest BCUT2D eigenvalue weighted by Gasteiger charge is -2.33. The fraction of sp³-hybridized carbons (Fsp3) is 0.556. The van der Waals surface area contributed by atoms with Crippen molar-refractivity contribution < 1.29 is 0 Å². The van der Waals surface area contributed by atoms with Crippen molar-refractivity contribution in [1.82, 2.24) is 19.9 Å². The van der Waals surface area contributed by atoms with E-state index in [1.165, 1.54) is 38.0 Å². The fourth-order valence-electron chi connectivity index (χ4n) is 4.38. The molecule has 122 valence electrons. The topological polar surface area (TPSA) is 56.8 Å². The number of aromatic amines is 1. The Balaban J connectivity index is 1.35. The van der Waals surface area contributed by atoms with Crippen molar-refractivity contribution >= 4 is 5.82 Å². The molecule has 2 aromatic heterocycles. The lowest BCUT2D eigenvalue weighted by Crippen LogP contribution is -2.32. The second-order valence-corrected chi connectivity index (χ2v) is 6.98. The lowest BCUT2D eigenvalue weighted by molar-refractivity contribution is 0.207. The van der Waals surface area contributed by atoms with E-state index >= 15 is 0 Å². The maximum Gasteiger partial charge on any atom is 0.125 e. The molecule has 1 aliphatic heterocycles. The summed E-state index contributed by atoms with van der Waals surface area (Å²) in [4.78, 5) is 14.3. The number of hydrogen-bond acceptors (Lipinski definition) is 4. The fourth-order valence-corrected chi connectivity index (χ4v) is 4.38. The van der Waals surface area contributed by atoms with Gasteiger partial charge < -0.3 is 10.3 Å². The molecule has 0 amide bonds. The summed E-state index contributed by atoms with van der Waals surface area (Å²) >= 11 is 0. The van der Waals surface area contributed by atoms with E-state index in [4.69, 9.17) is 0 Å². The van der Waals surface area contributed by atoms with Crippen LogP contribution in [0, 0.1) is 17.8 Å². The Morgan fingerprint density at radius 2 is 2.26 bits per heavy atom. The van der Waals surface area contributed by atoms with Crippen LogP contribution < -0.4 is 5.32 Å². The average molecular weight is 311 g/mol. The van der Waals surface area contributed by atoms with Crippen LogP contribution in [0.1, 0.15) is 25.0 Å². The van der Waals surface area contributed by atoms with Crippen molar-refractivity contribution in [1.29, 1.82) is 0 Å². The Labute approximate surface area is 137 Å². The number of imidazole rings is 1. The van der Waals surface area contributed by atoms with E-state index in [9.17, 15) is 0 Å². The van der Waals surface area contributed by atoms with Gasteiger partial charge in [0, 0.05) is 44.3 Å². The lowest BCUT2D eigenvalue weighted by atomic mass is 9.74. The van der Waals surface area contributed by atoms with Crippen molar-refractivity contribution in [3.8, 4) is 0 Å². The van der Waals surface area contributed by atoms with Gasteiger partial charge in [-0.1, -0.05) is 12.5 Å². The van der Waals surface area contributed by atoms with Crippen LogP contribution in [0.4, 0.5) is 5.82 Å². The molecule has 0 radical (unpaired) electrons. The molecular formula is C18H25N5. The first kappa shape index (κ1) is 14.7. The number of H-pyrrole nitrogens is 1.